The van der Waals surface area contributed by atoms with E-state index in [1.807, 2.05) is 10.8 Å². The second-order valence-corrected chi connectivity index (χ2v) is 2.52. The third-order valence-corrected chi connectivity index (χ3v) is 1.57. The van der Waals surface area contributed by atoms with E-state index in [4.69, 9.17) is 4.74 Å². The lowest BCUT2D eigenvalue weighted by Gasteiger charge is -2.04. The number of methoxy groups -OCH3 is 1. The molecule has 0 aliphatic heterocycles. The summed E-state index contributed by atoms with van der Waals surface area (Å²) in [6.45, 7) is 2.76. The van der Waals surface area contributed by atoms with Gasteiger partial charge in [0.15, 0.2) is 0 Å². The fraction of sp³-hybridized carbons (Fsp3) is 0.625. The lowest BCUT2D eigenvalue weighted by atomic mass is 10.3. The average molecular weight is 154 g/mol. The van der Waals surface area contributed by atoms with Crippen molar-refractivity contribution in [1.29, 1.82) is 0 Å². The average Bonchev–Trinajstić information content (AvgIpc) is 2.39. The Morgan fingerprint density at radius 3 is 3.09 bits per heavy atom. The minimum Gasteiger partial charge on any atom is -0.364 e. The van der Waals surface area contributed by atoms with Gasteiger partial charge in [0.2, 0.25) is 0 Å². The molecule has 0 saturated heterocycles. The van der Waals surface area contributed by atoms with Crippen molar-refractivity contribution in [3.05, 3.63) is 18.2 Å². The van der Waals surface area contributed by atoms with E-state index in [0.717, 1.165) is 12.8 Å². The molecule has 0 N–H and O–H groups in total. The molecule has 0 radical (unpaired) electrons. The van der Waals surface area contributed by atoms with E-state index in [0.29, 0.717) is 6.73 Å². The van der Waals surface area contributed by atoms with Gasteiger partial charge in [0, 0.05) is 19.0 Å². The molecule has 3 heteroatoms. The highest BCUT2D eigenvalue weighted by Crippen LogP contribution is 2.02. The number of nitrogens with zero attached hydrogens (tertiary/aromatic N) is 2. The Morgan fingerprint density at radius 1 is 1.64 bits per heavy atom. The van der Waals surface area contributed by atoms with Gasteiger partial charge in [0.25, 0.3) is 0 Å². The molecule has 0 aromatic carbocycles. The van der Waals surface area contributed by atoms with Gasteiger partial charge < -0.3 is 9.30 Å². The number of aryl methyl sites for hydroxylation is 1. The third kappa shape index (κ3) is 2.05. The summed E-state index contributed by atoms with van der Waals surface area (Å²) in [5.41, 5.74) is 1.24. The van der Waals surface area contributed by atoms with Crippen LogP contribution in [-0.2, 0) is 17.9 Å². The molecule has 0 atom stereocenters. The summed E-state index contributed by atoms with van der Waals surface area (Å²) in [6, 6.07) is 0. The molecule has 1 rings (SSSR count). The molecule has 0 aliphatic rings. The van der Waals surface area contributed by atoms with Crippen LogP contribution in [-0.4, -0.2) is 16.7 Å². The van der Waals surface area contributed by atoms with Crippen LogP contribution < -0.4 is 0 Å². The lowest BCUT2D eigenvalue weighted by Crippen LogP contribution is -2.02. The summed E-state index contributed by atoms with van der Waals surface area (Å²) in [4.78, 5) is 4.04. The number of hydrogen-bond donors (Lipinski definition) is 0. The number of aromatic nitrogens is 2. The fourth-order valence-corrected chi connectivity index (χ4v) is 1.07. The Kier molecular flexibility index (Phi) is 3.11. The largest absolute Gasteiger partial charge is 0.364 e. The molecular formula is C8H14N2O. The van der Waals surface area contributed by atoms with E-state index in [1.54, 1.807) is 13.4 Å². The molecule has 3 nitrogen and oxygen atoms in total. The lowest BCUT2D eigenvalue weighted by molar-refractivity contribution is 0.129. The number of ether oxygens (including phenoxy) is 1. The smallest absolute Gasteiger partial charge is 0.123 e. The normalized spacial score (nSPS) is 10.4. The van der Waals surface area contributed by atoms with E-state index in [1.165, 1.54) is 5.69 Å². The third-order valence-electron chi connectivity index (χ3n) is 1.57. The van der Waals surface area contributed by atoms with E-state index in [9.17, 15) is 0 Å². The maximum atomic E-state index is 5.00. The van der Waals surface area contributed by atoms with Crippen LogP contribution in [0.2, 0.25) is 0 Å². The first-order valence-corrected chi connectivity index (χ1v) is 3.86. The highest BCUT2D eigenvalue weighted by molar-refractivity contribution is 4.97. The minimum absolute atomic E-state index is 0.606. The predicted molar refractivity (Wildman–Crippen MR) is 43.2 cm³/mol. The van der Waals surface area contributed by atoms with Gasteiger partial charge in [-0.2, -0.15) is 0 Å². The van der Waals surface area contributed by atoms with E-state index >= 15 is 0 Å². The molecule has 62 valence electrons. The van der Waals surface area contributed by atoms with Crippen LogP contribution in [0.5, 0.6) is 0 Å². The summed E-state index contributed by atoms with van der Waals surface area (Å²) >= 11 is 0. The predicted octanol–water partition coefficient (Wildman–Crippen LogP) is 1.44. The van der Waals surface area contributed by atoms with Crippen LogP contribution in [0.15, 0.2) is 12.5 Å². The summed E-state index contributed by atoms with van der Waals surface area (Å²) in [7, 11) is 1.69. The van der Waals surface area contributed by atoms with Crippen LogP contribution in [0.4, 0.5) is 0 Å². The standard InChI is InChI=1S/C8H14N2O/c1-3-4-8-5-9-6-10(8)7-11-2/h5-6H,3-4,7H2,1-2H3. The number of rotatable bonds is 4. The molecule has 1 aromatic rings. The summed E-state index contributed by atoms with van der Waals surface area (Å²) in [5, 5.41) is 0. The van der Waals surface area contributed by atoms with Crippen molar-refractivity contribution in [3.8, 4) is 0 Å². The molecule has 0 saturated carbocycles. The quantitative estimate of drug-likeness (QED) is 0.656. The van der Waals surface area contributed by atoms with Crippen molar-refractivity contribution in [3.63, 3.8) is 0 Å². The zero-order chi connectivity index (χ0) is 8.10. The van der Waals surface area contributed by atoms with Gasteiger partial charge in [0.05, 0.1) is 6.33 Å². The first-order chi connectivity index (χ1) is 5.38. The highest BCUT2D eigenvalue weighted by atomic mass is 16.5. The summed E-state index contributed by atoms with van der Waals surface area (Å²) in [5.74, 6) is 0. The van der Waals surface area contributed by atoms with Gasteiger partial charge in [-0.25, -0.2) is 4.98 Å². The SMILES string of the molecule is CCCc1cncn1COC. The van der Waals surface area contributed by atoms with Gasteiger partial charge in [-0.3, -0.25) is 0 Å². The molecule has 0 spiro atoms. The molecule has 0 unspecified atom stereocenters. The van der Waals surface area contributed by atoms with Crippen molar-refractivity contribution in [2.45, 2.75) is 26.5 Å². The number of imidazole rings is 1. The van der Waals surface area contributed by atoms with Crippen molar-refractivity contribution in [2.24, 2.45) is 0 Å². The minimum atomic E-state index is 0.606. The molecule has 0 amide bonds. The molecular weight excluding hydrogens is 140 g/mol. The summed E-state index contributed by atoms with van der Waals surface area (Å²) in [6.07, 6.45) is 5.91. The van der Waals surface area contributed by atoms with Crippen LogP contribution in [0, 0.1) is 0 Å². The van der Waals surface area contributed by atoms with E-state index in [-0.39, 0.29) is 0 Å². The first-order valence-electron chi connectivity index (χ1n) is 3.86. The maximum absolute atomic E-state index is 5.00. The van der Waals surface area contributed by atoms with Gasteiger partial charge in [0.1, 0.15) is 6.73 Å². The Bertz CT molecular complexity index is 187. The van der Waals surface area contributed by atoms with Crippen LogP contribution in [0.25, 0.3) is 0 Å². The van der Waals surface area contributed by atoms with Gasteiger partial charge >= 0.3 is 0 Å². The van der Waals surface area contributed by atoms with Crippen molar-refractivity contribution in [1.82, 2.24) is 9.55 Å². The van der Waals surface area contributed by atoms with Crippen LogP contribution in [0.3, 0.4) is 0 Å². The zero-order valence-electron chi connectivity index (χ0n) is 7.08. The second-order valence-electron chi connectivity index (χ2n) is 2.52. The van der Waals surface area contributed by atoms with Gasteiger partial charge in [-0.15, -0.1) is 0 Å². The molecule has 1 heterocycles. The second kappa shape index (κ2) is 4.13. The molecule has 0 bridgehead atoms. The molecule has 0 fully saturated rings. The van der Waals surface area contributed by atoms with E-state index in [2.05, 4.69) is 11.9 Å². The van der Waals surface area contributed by atoms with Gasteiger partial charge in [-0.05, 0) is 6.42 Å². The Labute approximate surface area is 67.0 Å². The van der Waals surface area contributed by atoms with Crippen molar-refractivity contribution < 1.29 is 4.74 Å². The molecule has 0 aliphatic carbocycles. The van der Waals surface area contributed by atoms with Crippen molar-refractivity contribution in [2.75, 3.05) is 7.11 Å². The molecule has 11 heavy (non-hydrogen) atoms. The Hall–Kier alpha value is -0.830. The van der Waals surface area contributed by atoms with Gasteiger partial charge in [-0.1, -0.05) is 13.3 Å². The van der Waals surface area contributed by atoms with Crippen LogP contribution in [0.1, 0.15) is 19.0 Å². The zero-order valence-corrected chi connectivity index (χ0v) is 7.08. The Balaban J connectivity index is 2.62. The monoisotopic (exact) mass is 154 g/mol. The van der Waals surface area contributed by atoms with E-state index < -0.39 is 0 Å². The van der Waals surface area contributed by atoms with Crippen LogP contribution >= 0.6 is 0 Å². The van der Waals surface area contributed by atoms with Crippen molar-refractivity contribution >= 4 is 0 Å². The Morgan fingerprint density at radius 2 is 2.45 bits per heavy atom. The highest BCUT2D eigenvalue weighted by Gasteiger charge is 1.98. The summed E-state index contributed by atoms with van der Waals surface area (Å²) < 4.78 is 7.01. The molecule has 1 aromatic heterocycles. The number of hydrogen-bond acceptors (Lipinski definition) is 2. The first kappa shape index (κ1) is 8.27. The topological polar surface area (TPSA) is 27.1 Å². The maximum Gasteiger partial charge on any atom is 0.123 e. The fourth-order valence-electron chi connectivity index (χ4n) is 1.07.